The summed E-state index contributed by atoms with van der Waals surface area (Å²) in [7, 11) is -3.17. The van der Waals surface area contributed by atoms with E-state index < -0.39 is 10.0 Å². The first-order valence-electron chi connectivity index (χ1n) is 3.89. The van der Waals surface area contributed by atoms with E-state index in [4.69, 9.17) is 0 Å². The van der Waals surface area contributed by atoms with Gasteiger partial charge >= 0.3 is 0 Å². The van der Waals surface area contributed by atoms with E-state index in [2.05, 4.69) is 5.10 Å². The first-order valence-corrected chi connectivity index (χ1v) is 5.50. The van der Waals surface area contributed by atoms with Crippen molar-refractivity contribution in [1.29, 1.82) is 0 Å². The van der Waals surface area contributed by atoms with Crippen LogP contribution in [0.1, 0.15) is 19.8 Å². The van der Waals surface area contributed by atoms with Gasteiger partial charge in [0.05, 0.1) is 11.9 Å². The zero-order chi connectivity index (χ0) is 9.03. The topological polar surface area (TPSA) is 52.0 Å². The minimum absolute atomic E-state index is 0.172. The van der Waals surface area contributed by atoms with Crippen molar-refractivity contribution in [3.05, 3.63) is 18.5 Å². The van der Waals surface area contributed by atoms with Crippen LogP contribution in [0.3, 0.4) is 0 Å². The first-order chi connectivity index (χ1) is 5.67. The van der Waals surface area contributed by atoms with Gasteiger partial charge in [-0.1, -0.05) is 13.3 Å². The fourth-order valence-electron chi connectivity index (χ4n) is 0.840. The van der Waals surface area contributed by atoms with E-state index in [1.165, 1.54) is 12.4 Å². The second-order valence-corrected chi connectivity index (χ2v) is 4.49. The molecule has 0 unspecified atom stereocenters. The molecule has 5 heteroatoms. The number of unbranched alkanes of at least 4 members (excludes halogenated alkanes) is 1. The lowest BCUT2D eigenvalue weighted by atomic mass is 10.4. The van der Waals surface area contributed by atoms with E-state index >= 15 is 0 Å². The van der Waals surface area contributed by atoms with E-state index in [0.29, 0.717) is 6.42 Å². The van der Waals surface area contributed by atoms with Crippen LogP contribution in [0, 0.1) is 0 Å². The standard InChI is InChI=1S/C7H12N2O2S/c1-2-3-7-12(10,11)9-6-4-5-8-9/h4-6H,2-3,7H2,1H3. The second kappa shape index (κ2) is 3.71. The van der Waals surface area contributed by atoms with Crippen molar-refractivity contribution in [3.8, 4) is 0 Å². The van der Waals surface area contributed by atoms with Gasteiger partial charge in [0.1, 0.15) is 0 Å². The zero-order valence-corrected chi connectivity index (χ0v) is 7.79. The molecule has 1 rings (SSSR count). The van der Waals surface area contributed by atoms with Crippen LogP contribution in [0.2, 0.25) is 0 Å². The SMILES string of the molecule is CCCCS(=O)(=O)n1cccn1. The van der Waals surface area contributed by atoms with Crippen LogP contribution in [0.25, 0.3) is 0 Å². The van der Waals surface area contributed by atoms with Crippen molar-refractivity contribution >= 4 is 10.0 Å². The summed E-state index contributed by atoms with van der Waals surface area (Å²) in [5, 5.41) is 3.67. The minimum Gasteiger partial charge on any atom is -0.205 e. The molecule has 4 nitrogen and oxygen atoms in total. The quantitative estimate of drug-likeness (QED) is 0.704. The Morgan fingerprint density at radius 2 is 2.25 bits per heavy atom. The molecule has 12 heavy (non-hydrogen) atoms. The predicted molar refractivity (Wildman–Crippen MR) is 46.3 cm³/mol. The fraction of sp³-hybridized carbons (Fsp3) is 0.571. The Hall–Kier alpha value is -0.840. The van der Waals surface area contributed by atoms with Gasteiger partial charge in [0, 0.05) is 6.20 Å². The summed E-state index contributed by atoms with van der Waals surface area (Å²) in [5.41, 5.74) is 0. The maximum atomic E-state index is 11.4. The Morgan fingerprint density at radius 1 is 1.50 bits per heavy atom. The Kier molecular flexibility index (Phi) is 2.86. The van der Waals surface area contributed by atoms with Crippen LogP contribution in [0.4, 0.5) is 0 Å². The smallest absolute Gasteiger partial charge is 0.205 e. The lowest BCUT2D eigenvalue weighted by Crippen LogP contribution is -2.16. The molecule has 0 aliphatic heterocycles. The van der Waals surface area contributed by atoms with Crippen LogP contribution in [-0.2, 0) is 10.0 Å². The highest BCUT2D eigenvalue weighted by Gasteiger charge is 2.11. The van der Waals surface area contributed by atoms with E-state index in [9.17, 15) is 8.42 Å². The van der Waals surface area contributed by atoms with Gasteiger partial charge in [-0.05, 0) is 12.5 Å². The number of nitrogens with zero attached hydrogens (tertiary/aromatic N) is 2. The van der Waals surface area contributed by atoms with E-state index in [-0.39, 0.29) is 5.75 Å². The molecule has 0 aliphatic carbocycles. The average molecular weight is 188 g/mol. The molecule has 0 saturated heterocycles. The molecule has 0 aliphatic rings. The highest BCUT2D eigenvalue weighted by Crippen LogP contribution is 1.99. The molecule has 0 aromatic carbocycles. The molecule has 0 atom stereocenters. The van der Waals surface area contributed by atoms with Crippen molar-refractivity contribution in [2.45, 2.75) is 19.8 Å². The molecule has 0 fully saturated rings. The van der Waals surface area contributed by atoms with Crippen molar-refractivity contribution in [2.24, 2.45) is 0 Å². The summed E-state index contributed by atoms with van der Waals surface area (Å²) in [4.78, 5) is 0. The second-order valence-electron chi connectivity index (χ2n) is 2.55. The molecule has 0 amide bonds. The van der Waals surface area contributed by atoms with Crippen molar-refractivity contribution in [1.82, 2.24) is 9.19 Å². The Balaban J connectivity index is 2.74. The zero-order valence-electron chi connectivity index (χ0n) is 6.97. The lowest BCUT2D eigenvalue weighted by molar-refractivity contribution is 0.576. The highest BCUT2D eigenvalue weighted by molar-refractivity contribution is 7.89. The van der Waals surface area contributed by atoms with Gasteiger partial charge in [-0.25, -0.2) is 8.42 Å². The minimum atomic E-state index is -3.17. The summed E-state index contributed by atoms with van der Waals surface area (Å²) < 4.78 is 23.7. The van der Waals surface area contributed by atoms with Gasteiger partial charge in [-0.2, -0.15) is 9.19 Å². The van der Waals surface area contributed by atoms with Gasteiger partial charge < -0.3 is 0 Å². The van der Waals surface area contributed by atoms with E-state index in [1.54, 1.807) is 6.07 Å². The van der Waals surface area contributed by atoms with Gasteiger partial charge in [-0.3, -0.25) is 0 Å². The maximum absolute atomic E-state index is 11.4. The number of hydrogen-bond acceptors (Lipinski definition) is 3. The molecule has 0 radical (unpaired) electrons. The van der Waals surface area contributed by atoms with Crippen molar-refractivity contribution in [2.75, 3.05) is 5.75 Å². The monoisotopic (exact) mass is 188 g/mol. The van der Waals surface area contributed by atoms with E-state index in [0.717, 1.165) is 10.5 Å². The van der Waals surface area contributed by atoms with Gasteiger partial charge in [0.2, 0.25) is 0 Å². The first kappa shape index (κ1) is 9.25. The van der Waals surface area contributed by atoms with Crippen LogP contribution < -0.4 is 0 Å². The molecule has 1 aromatic heterocycles. The average Bonchev–Trinajstić information content (AvgIpc) is 2.53. The predicted octanol–water partition coefficient (Wildman–Crippen LogP) is 0.861. The van der Waals surface area contributed by atoms with Crippen LogP contribution in [0.5, 0.6) is 0 Å². The van der Waals surface area contributed by atoms with Crippen molar-refractivity contribution in [3.63, 3.8) is 0 Å². The van der Waals surface area contributed by atoms with Crippen LogP contribution in [-0.4, -0.2) is 23.4 Å². The molecule has 68 valence electrons. The molecule has 1 aromatic rings. The van der Waals surface area contributed by atoms with Gasteiger partial charge in [0.15, 0.2) is 0 Å². The third kappa shape index (κ3) is 2.07. The molecule has 0 bridgehead atoms. The largest absolute Gasteiger partial charge is 0.253 e. The lowest BCUT2D eigenvalue weighted by Gasteiger charge is -2.01. The summed E-state index contributed by atoms with van der Waals surface area (Å²) >= 11 is 0. The summed E-state index contributed by atoms with van der Waals surface area (Å²) in [5.74, 6) is 0.172. The normalized spacial score (nSPS) is 11.8. The number of aromatic nitrogens is 2. The fourth-order valence-corrected chi connectivity index (χ4v) is 2.13. The van der Waals surface area contributed by atoms with Gasteiger partial charge in [0.25, 0.3) is 10.0 Å². The van der Waals surface area contributed by atoms with Crippen molar-refractivity contribution < 1.29 is 8.42 Å². The summed E-state index contributed by atoms with van der Waals surface area (Å²) in [6, 6.07) is 1.60. The molecule has 0 N–H and O–H groups in total. The molecular formula is C7H12N2O2S. The Bertz CT molecular complexity index is 315. The molecular weight excluding hydrogens is 176 g/mol. The summed E-state index contributed by atoms with van der Waals surface area (Å²) in [6.45, 7) is 1.96. The number of rotatable bonds is 4. The van der Waals surface area contributed by atoms with E-state index in [1.807, 2.05) is 6.92 Å². The Morgan fingerprint density at radius 3 is 2.75 bits per heavy atom. The molecule has 0 saturated carbocycles. The maximum Gasteiger partial charge on any atom is 0.253 e. The molecule has 1 heterocycles. The third-order valence-corrected chi connectivity index (χ3v) is 3.11. The highest BCUT2D eigenvalue weighted by atomic mass is 32.2. The Labute approximate surface area is 72.3 Å². The molecule has 0 spiro atoms. The van der Waals surface area contributed by atoms with Crippen LogP contribution >= 0.6 is 0 Å². The number of hydrogen-bond donors (Lipinski definition) is 0. The van der Waals surface area contributed by atoms with Gasteiger partial charge in [-0.15, -0.1) is 0 Å². The third-order valence-electron chi connectivity index (χ3n) is 1.52. The summed E-state index contributed by atoms with van der Waals surface area (Å²) in [6.07, 6.45) is 4.47. The van der Waals surface area contributed by atoms with Crippen LogP contribution in [0.15, 0.2) is 18.5 Å².